The van der Waals surface area contributed by atoms with Crippen LogP contribution in [0.5, 0.6) is 5.75 Å². The molecule has 1 aliphatic heterocycles. The molecular formula is C23H28F2N4O2. The number of aliphatic imine (C=N–C) groups is 1. The van der Waals surface area contributed by atoms with Gasteiger partial charge in [-0.2, -0.15) is 8.78 Å². The quantitative estimate of drug-likeness (QED) is 0.471. The lowest BCUT2D eigenvalue weighted by atomic mass is 10.1. The molecule has 2 N–H and O–H groups in total. The number of para-hydroxylation sites is 1. The standard InChI is InChI=1S/C23H28F2N4O2/c1-2-26-23(28-15-19-9-3-4-10-20(19)31-22(24)25)27-14-17-7-5-8-18(13-17)16-29-12-6-11-21(29)30/h3-5,7-10,13,22H,2,6,11-12,14-16H2,1H3,(H2,26,27,28). The maximum Gasteiger partial charge on any atom is 0.387 e. The fraction of sp³-hybridized carbons (Fsp3) is 0.391. The summed E-state index contributed by atoms with van der Waals surface area (Å²) in [4.78, 5) is 18.3. The second kappa shape index (κ2) is 11.3. The van der Waals surface area contributed by atoms with E-state index in [1.807, 2.05) is 30.0 Å². The SMILES string of the molecule is CCNC(=NCc1cccc(CN2CCCC2=O)c1)NCc1ccccc1OC(F)F. The average molecular weight is 430 g/mol. The molecule has 2 aromatic rings. The van der Waals surface area contributed by atoms with Crippen molar-refractivity contribution >= 4 is 11.9 Å². The molecule has 6 nitrogen and oxygen atoms in total. The molecule has 1 fully saturated rings. The van der Waals surface area contributed by atoms with Gasteiger partial charge in [-0.25, -0.2) is 4.99 Å². The summed E-state index contributed by atoms with van der Waals surface area (Å²) in [5.41, 5.74) is 2.73. The van der Waals surface area contributed by atoms with E-state index in [9.17, 15) is 13.6 Å². The minimum atomic E-state index is -2.87. The van der Waals surface area contributed by atoms with Crippen molar-refractivity contribution in [2.45, 2.75) is 46.0 Å². The molecule has 0 saturated carbocycles. The van der Waals surface area contributed by atoms with E-state index in [-0.39, 0.29) is 11.7 Å². The average Bonchev–Trinajstić information content (AvgIpc) is 3.15. The first-order valence-corrected chi connectivity index (χ1v) is 10.5. The summed E-state index contributed by atoms with van der Waals surface area (Å²) >= 11 is 0. The van der Waals surface area contributed by atoms with Gasteiger partial charge in [0.2, 0.25) is 5.91 Å². The normalized spacial score (nSPS) is 14.3. The second-order valence-electron chi connectivity index (χ2n) is 7.27. The van der Waals surface area contributed by atoms with Crippen molar-refractivity contribution in [1.82, 2.24) is 15.5 Å². The smallest absolute Gasteiger partial charge is 0.387 e. The molecule has 1 amide bonds. The van der Waals surface area contributed by atoms with E-state index in [1.165, 1.54) is 6.07 Å². The number of halogens is 2. The maximum atomic E-state index is 12.6. The van der Waals surface area contributed by atoms with Gasteiger partial charge in [0.05, 0.1) is 6.54 Å². The number of benzene rings is 2. The molecule has 8 heteroatoms. The molecule has 0 radical (unpaired) electrons. The summed E-state index contributed by atoms with van der Waals surface area (Å²) in [5, 5.41) is 6.32. The molecule has 0 atom stereocenters. The van der Waals surface area contributed by atoms with Crippen LogP contribution in [-0.2, 0) is 24.4 Å². The number of guanidine groups is 1. The van der Waals surface area contributed by atoms with Crippen molar-refractivity contribution in [3.05, 3.63) is 65.2 Å². The van der Waals surface area contributed by atoms with Crippen LogP contribution in [0.15, 0.2) is 53.5 Å². The first-order valence-electron chi connectivity index (χ1n) is 10.5. The Labute approximate surface area is 181 Å². The second-order valence-corrected chi connectivity index (χ2v) is 7.27. The molecule has 0 bridgehead atoms. The largest absolute Gasteiger partial charge is 0.434 e. The third-order valence-electron chi connectivity index (χ3n) is 4.94. The van der Waals surface area contributed by atoms with Crippen molar-refractivity contribution in [3.8, 4) is 5.75 Å². The topological polar surface area (TPSA) is 66.0 Å². The van der Waals surface area contributed by atoms with Crippen molar-refractivity contribution in [1.29, 1.82) is 0 Å². The van der Waals surface area contributed by atoms with Crippen LogP contribution < -0.4 is 15.4 Å². The summed E-state index contributed by atoms with van der Waals surface area (Å²) in [6, 6.07) is 14.7. The summed E-state index contributed by atoms with van der Waals surface area (Å²) < 4.78 is 29.8. The van der Waals surface area contributed by atoms with Crippen LogP contribution in [0.25, 0.3) is 0 Å². The molecule has 2 aromatic carbocycles. The van der Waals surface area contributed by atoms with Crippen molar-refractivity contribution in [2.24, 2.45) is 4.99 Å². The van der Waals surface area contributed by atoms with Crippen molar-refractivity contribution in [3.63, 3.8) is 0 Å². The van der Waals surface area contributed by atoms with Gasteiger partial charge in [0.25, 0.3) is 0 Å². The molecule has 0 unspecified atom stereocenters. The summed E-state index contributed by atoms with van der Waals surface area (Å²) in [7, 11) is 0. The number of amides is 1. The van der Waals surface area contributed by atoms with E-state index in [4.69, 9.17) is 0 Å². The van der Waals surface area contributed by atoms with E-state index in [0.29, 0.717) is 44.1 Å². The third-order valence-corrected chi connectivity index (χ3v) is 4.94. The number of nitrogens with one attached hydrogen (secondary N) is 2. The van der Waals surface area contributed by atoms with E-state index < -0.39 is 6.61 Å². The molecule has 1 heterocycles. The van der Waals surface area contributed by atoms with Gasteiger partial charge >= 0.3 is 6.61 Å². The molecule has 0 spiro atoms. The number of hydrogen-bond acceptors (Lipinski definition) is 3. The van der Waals surface area contributed by atoms with Crippen LogP contribution in [0, 0.1) is 0 Å². The fourth-order valence-corrected chi connectivity index (χ4v) is 3.47. The number of rotatable bonds is 9. The van der Waals surface area contributed by atoms with Crippen LogP contribution in [0.2, 0.25) is 0 Å². The zero-order valence-corrected chi connectivity index (χ0v) is 17.6. The Kier molecular flexibility index (Phi) is 8.20. The number of carbonyl (C=O) groups is 1. The van der Waals surface area contributed by atoms with Gasteiger partial charge in [-0.3, -0.25) is 4.79 Å². The monoisotopic (exact) mass is 430 g/mol. The zero-order valence-electron chi connectivity index (χ0n) is 17.6. The van der Waals surface area contributed by atoms with Crippen LogP contribution in [0.1, 0.15) is 36.5 Å². The minimum Gasteiger partial charge on any atom is -0.434 e. The van der Waals surface area contributed by atoms with Gasteiger partial charge in [-0.05, 0) is 30.5 Å². The Morgan fingerprint density at radius 2 is 1.97 bits per heavy atom. The Hall–Kier alpha value is -3.16. The highest BCUT2D eigenvalue weighted by molar-refractivity contribution is 5.80. The molecule has 31 heavy (non-hydrogen) atoms. The predicted octanol–water partition coefficient (Wildman–Crippen LogP) is 3.67. The van der Waals surface area contributed by atoms with Crippen LogP contribution in [0.4, 0.5) is 8.78 Å². The number of ether oxygens (including phenoxy) is 1. The van der Waals surface area contributed by atoms with Gasteiger partial charge in [0, 0.05) is 38.2 Å². The van der Waals surface area contributed by atoms with Gasteiger partial charge in [-0.1, -0.05) is 42.5 Å². The molecule has 0 aromatic heterocycles. The molecule has 0 aliphatic carbocycles. The van der Waals surface area contributed by atoms with E-state index in [2.05, 4.69) is 26.4 Å². The Balaban J connectivity index is 1.62. The fourth-order valence-electron chi connectivity index (χ4n) is 3.47. The molecule has 3 rings (SSSR count). The van der Waals surface area contributed by atoms with Crippen LogP contribution >= 0.6 is 0 Å². The van der Waals surface area contributed by atoms with E-state index in [0.717, 1.165) is 24.1 Å². The van der Waals surface area contributed by atoms with Gasteiger partial charge < -0.3 is 20.3 Å². The number of carbonyl (C=O) groups excluding carboxylic acids is 1. The summed E-state index contributed by atoms with van der Waals surface area (Å²) in [5.74, 6) is 0.928. The summed E-state index contributed by atoms with van der Waals surface area (Å²) in [6.07, 6.45) is 1.55. The zero-order chi connectivity index (χ0) is 22.1. The van der Waals surface area contributed by atoms with Crippen molar-refractivity contribution in [2.75, 3.05) is 13.1 Å². The Bertz CT molecular complexity index is 905. The van der Waals surface area contributed by atoms with Gasteiger partial charge in [0.15, 0.2) is 5.96 Å². The third kappa shape index (κ3) is 6.94. The molecule has 166 valence electrons. The van der Waals surface area contributed by atoms with Crippen molar-refractivity contribution < 1.29 is 18.3 Å². The Morgan fingerprint density at radius 1 is 1.16 bits per heavy atom. The highest BCUT2D eigenvalue weighted by Crippen LogP contribution is 2.20. The number of alkyl halides is 2. The first-order chi connectivity index (χ1) is 15.0. The number of likely N-dealkylation sites (tertiary alicyclic amines) is 1. The van der Waals surface area contributed by atoms with Gasteiger partial charge in [0.1, 0.15) is 5.75 Å². The lowest BCUT2D eigenvalue weighted by Gasteiger charge is -2.16. The van der Waals surface area contributed by atoms with E-state index in [1.54, 1.807) is 18.2 Å². The van der Waals surface area contributed by atoms with Crippen LogP contribution in [-0.4, -0.2) is 36.5 Å². The lowest BCUT2D eigenvalue weighted by molar-refractivity contribution is -0.128. The molecular weight excluding hydrogens is 402 g/mol. The molecule has 1 aliphatic rings. The molecule has 1 saturated heterocycles. The number of hydrogen-bond donors (Lipinski definition) is 2. The maximum absolute atomic E-state index is 12.6. The lowest BCUT2D eigenvalue weighted by Crippen LogP contribution is -2.36. The van der Waals surface area contributed by atoms with Crippen LogP contribution in [0.3, 0.4) is 0 Å². The predicted molar refractivity (Wildman–Crippen MR) is 116 cm³/mol. The summed E-state index contributed by atoms with van der Waals surface area (Å²) in [6.45, 7) is 1.93. The first kappa shape index (κ1) is 22.5. The van der Waals surface area contributed by atoms with Gasteiger partial charge in [-0.15, -0.1) is 0 Å². The Morgan fingerprint density at radius 3 is 2.71 bits per heavy atom. The highest BCUT2D eigenvalue weighted by Gasteiger charge is 2.19. The minimum absolute atomic E-state index is 0.144. The number of nitrogens with zero attached hydrogens (tertiary/aromatic N) is 2. The van der Waals surface area contributed by atoms with E-state index >= 15 is 0 Å². The highest BCUT2D eigenvalue weighted by atomic mass is 19.3.